The van der Waals surface area contributed by atoms with E-state index in [0.29, 0.717) is 0 Å². The lowest BCUT2D eigenvalue weighted by atomic mass is 10.0. The highest BCUT2D eigenvalue weighted by Gasteiger charge is 1.93. The van der Waals surface area contributed by atoms with Crippen molar-refractivity contribution in [2.24, 2.45) is 0 Å². The molecule has 0 saturated carbocycles. The fraction of sp³-hybridized carbons (Fsp3) is 0.810. The van der Waals surface area contributed by atoms with Crippen molar-refractivity contribution in [3.63, 3.8) is 0 Å². The zero-order valence-electron chi connectivity index (χ0n) is 15.4. The van der Waals surface area contributed by atoms with Crippen molar-refractivity contribution in [1.82, 2.24) is 5.32 Å². The van der Waals surface area contributed by atoms with Gasteiger partial charge in [0.25, 0.3) is 0 Å². The topological polar surface area (TPSA) is 12.0 Å². The van der Waals surface area contributed by atoms with E-state index in [4.69, 9.17) is 0 Å². The minimum Gasteiger partial charge on any atom is -0.368 e. The molecule has 0 amide bonds. The maximum absolute atomic E-state index is 3.12. The molecular weight excluding hydrogens is 266 g/mol. The van der Waals surface area contributed by atoms with Crippen molar-refractivity contribution in [2.45, 2.75) is 110 Å². The first-order valence-corrected chi connectivity index (χ1v) is 9.94. The SMILES string of the molecule is C/C=C/N/C=C/CCCCCCCCCCCCCCCC. The maximum Gasteiger partial charge on any atom is -0.00358 e. The van der Waals surface area contributed by atoms with Gasteiger partial charge in [0.2, 0.25) is 0 Å². The molecule has 1 N–H and O–H groups in total. The lowest BCUT2D eigenvalue weighted by Gasteiger charge is -2.02. The van der Waals surface area contributed by atoms with Crippen LogP contribution < -0.4 is 5.32 Å². The van der Waals surface area contributed by atoms with Crippen molar-refractivity contribution >= 4 is 0 Å². The van der Waals surface area contributed by atoms with Gasteiger partial charge in [0, 0.05) is 0 Å². The van der Waals surface area contributed by atoms with Crippen LogP contribution in [0.15, 0.2) is 24.6 Å². The first-order valence-electron chi connectivity index (χ1n) is 9.94. The predicted octanol–water partition coefficient (Wildman–Crippen LogP) is 7.49. The summed E-state index contributed by atoms with van der Waals surface area (Å²) in [5.74, 6) is 0. The van der Waals surface area contributed by atoms with Gasteiger partial charge in [-0.15, -0.1) is 0 Å². The summed E-state index contributed by atoms with van der Waals surface area (Å²) in [6, 6.07) is 0. The van der Waals surface area contributed by atoms with E-state index >= 15 is 0 Å². The van der Waals surface area contributed by atoms with Gasteiger partial charge in [0.05, 0.1) is 0 Å². The molecule has 1 heteroatoms. The number of rotatable bonds is 17. The number of allylic oxidation sites excluding steroid dienone is 2. The van der Waals surface area contributed by atoms with Crippen LogP contribution in [0.25, 0.3) is 0 Å². The summed E-state index contributed by atoms with van der Waals surface area (Å²) in [5, 5.41) is 3.12. The monoisotopic (exact) mass is 307 g/mol. The Balaban J connectivity index is 3.01. The molecule has 0 fully saturated rings. The summed E-state index contributed by atoms with van der Waals surface area (Å²) in [4.78, 5) is 0. The molecule has 0 spiro atoms. The highest BCUT2D eigenvalue weighted by atomic mass is 14.8. The van der Waals surface area contributed by atoms with Gasteiger partial charge in [0.15, 0.2) is 0 Å². The van der Waals surface area contributed by atoms with Gasteiger partial charge in [-0.05, 0) is 32.2 Å². The molecule has 0 aromatic carbocycles. The molecule has 0 rings (SSSR count). The van der Waals surface area contributed by atoms with E-state index in [9.17, 15) is 0 Å². The standard InChI is InChI=1S/C21H41N/c1-3-5-6-7-8-9-10-11-12-13-14-15-16-17-18-19-21-22-20-4-2/h4,19-22H,3,5-18H2,1-2H3/b20-4+,21-19+. The second-order valence-electron chi connectivity index (χ2n) is 6.45. The molecule has 0 aromatic rings. The highest BCUT2D eigenvalue weighted by molar-refractivity contribution is 4.86. The third-order valence-corrected chi connectivity index (χ3v) is 4.20. The van der Waals surface area contributed by atoms with Gasteiger partial charge in [-0.3, -0.25) is 0 Å². The first kappa shape index (κ1) is 21.3. The van der Waals surface area contributed by atoms with Crippen LogP contribution >= 0.6 is 0 Å². The quantitative estimate of drug-likeness (QED) is 0.274. The van der Waals surface area contributed by atoms with E-state index in [1.165, 1.54) is 96.3 Å². The smallest absolute Gasteiger partial charge is 0.00358 e. The molecule has 22 heavy (non-hydrogen) atoms. The van der Waals surface area contributed by atoms with Crippen molar-refractivity contribution in [3.05, 3.63) is 24.6 Å². The summed E-state index contributed by atoms with van der Waals surface area (Å²) >= 11 is 0. The Kier molecular flexibility index (Phi) is 19.6. The van der Waals surface area contributed by atoms with Gasteiger partial charge < -0.3 is 5.32 Å². The van der Waals surface area contributed by atoms with Crippen LogP contribution in [0.2, 0.25) is 0 Å². The molecule has 0 aromatic heterocycles. The summed E-state index contributed by atoms with van der Waals surface area (Å²) in [6.07, 6.45) is 29.6. The molecule has 0 aliphatic carbocycles. The fourth-order valence-electron chi connectivity index (χ4n) is 2.76. The second-order valence-corrected chi connectivity index (χ2v) is 6.45. The molecule has 0 radical (unpaired) electrons. The van der Waals surface area contributed by atoms with Gasteiger partial charge in [0.1, 0.15) is 0 Å². The molecule has 0 heterocycles. The van der Waals surface area contributed by atoms with E-state index < -0.39 is 0 Å². The lowest BCUT2D eigenvalue weighted by Crippen LogP contribution is -1.89. The summed E-state index contributed by atoms with van der Waals surface area (Å²) in [5.41, 5.74) is 0. The molecule has 130 valence electrons. The lowest BCUT2D eigenvalue weighted by molar-refractivity contribution is 0.536. The number of hydrogen-bond donors (Lipinski definition) is 1. The fourth-order valence-corrected chi connectivity index (χ4v) is 2.76. The van der Waals surface area contributed by atoms with Crippen LogP contribution in [-0.2, 0) is 0 Å². The zero-order valence-corrected chi connectivity index (χ0v) is 15.4. The Morgan fingerprint density at radius 1 is 0.591 bits per heavy atom. The predicted molar refractivity (Wildman–Crippen MR) is 102 cm³/mol. The highest BCUT2D eigenvalue weighted by Crippen LogP contribution is 2.13. The average Bonchev–Trinajstić information content (AvgIpc) is 2.54. The summed E-state index contributed by atoms with van der Waals surface area (Å²) in [7, 11) is 0. The van der Waals surface area contributed by atoms with E-state index in [-0.39, 0.29) is 0 Å². The van der Waals surface area contributed by atoms with Crippen molar-refractivity contribution in [3.8, 4) is 0 Å². The Morgan fingerprint density at radius 3 is 1.50 bits per heavy atom. The third kappa shape index (κ3) is 19.3. The van der Waals surface area contributed by atoms with E-state index in [0.717, 1.165) is 0 Å². The molecular formula is C21H41N. The van der Waals surface area contributed by atoms with Gasteiger partial charge >= 0.3 is 0 Å². The maximum atomic E-state index is 3.12. The van der Waals surface area contributed by atoms with Crippen molar-refractivity contribution < 1.29 is 0 Å². The molecule has 0 aliphatic rings. The van der Waals surface area contributed by atoms with Gasteiger partial charge in [-0.2, -0.15) is 0 Å². The normalized spacial score (nSPS) is 11.7. The number of nitrogens with one attached hydrogen (secondary N) is 1. The molecule has 0 aliphatic heterocycles. The Labute approximate surface area is 140 Å². The zero-order chi connectivity index (χ0) is 16.1. The minimum atomic E-state index is 1.21. The molecule has 0 atom stereocenters. The van der Waals surface area contributed by atoms with Crippen LogP contribution in [-0.4, -0.2) is 0 Å². The van der Waals surface area contributed by atoms with Crippen LogP contribution in [0.5, 0.6) is 0 Å². The Hall–Kier alpha value is -0.720. The second kappa shape index (κ2) is 20.3. The van der Waals surface area contributed by atoms with Crippen LogP contribution in [0.1, 0.15) is 110 Å². The first-order chi connectivity index (χ1) is 10.9. The number of hydrogen-bond acceptors (Lipinski definition) is 1. The van der Waals surface area contributed by atoms with Crippen LogP contribution in [0.4, 0.5) is 0 Å². The summed E-state index contributed by atoms with van der Waals surface area (Å²) < 4.78 is 0. The molecule has 0 bridgehead atoms. The molecule has 0 saturated heterocycles. The van der Waals surface area contributed by atoms with E-state index in [1.54, 1.807) is 0 Å². The van der Waals surface area contributed by atoms with Crippen LogP contribution in [0.3, 0.4) is 0 Å². The van der Waals surface area contributed by atoms with E-state index in [1.807, 2.05) is 25.4 Å². The van der Waals surface area contributed by atoms with Gasteiger partial charge in [-0.1, -0.05) is 103 Å². The summed E-state index contributed by atoms with van der Waals surface area (Å²) in [6.45, 7) is 4.31. The Morgan fingerprint density at radius 2 is 1.05 bits per heavy atom. The van der Waals surface area contributed by atoms with Crippen LogP contribution in [0, 0.1) is 0 Å². The minimum absolute atomic E-state index is 1.21. The van der Waals surface area contributed by atoms with Crippen molar-refractivity contribution in [2.75, 3.05) is 0 Å². The van der Waals surface area contributed by atoms with E-state index in [2.05, 4.69) is 18.3 Å². The third-order valence-electron chi connectivity index (χ3n) is 4.20. The largest absolute Gasteiger partial charge is 0.368 e. The Bertz CT molecular complexity index is 242. The number of unbranched alkanes of at least 4 members (excludes halogenated alkanes) is 14. The molecule has 1 nitrogen and oxygen atoms in total. The average molecular weight is 308 g/mol. The molecule has 0 unspecified atom stereocenters. The van der Waals surface area contributed by atoms with Gasteiger partial charge in [-0.25, -0.2) is 0 Å². The van der Waals surface area contributed by atoms with Crippen molar-refractivity contribution in [1.29, 1.82) is 0 Å².